The second-order valence-electron chi connectivity index (χ2n) is 4.92. The Morgan fingerprint density at radius 3 is 2.87 bits per heavy atom. The van der Waals surface area contributed by atoms with Crippen LogP contribution >= 0.6 is 0 Å². The first-order valence-electron chi connectivity index (χ1n) is 5.63. The van der Waals surface area contributed by atoms with Crippen LogP contribution in [0.5, 0.6) is 5.75 Å². The van der Waals surface area contributed by atoms with E-state index in [1.54, 1.807) is 0 Å². The predicted molar refractivity (Wildman–Crippen MR) is 57.9 cm³/mol. The van der Waals surface area contributed by atoms with Gasteiger partial charge in [0.05, 0.1) is 12.2 Å². The molecule has 2 nitrogen and oxygen atoms in total. The molecule has 2 aliphatic rings. The van der Waals surface area contributed by atoms with Crippen molar-refractivity contribution < 1.29 is 9.84 Å². The zero-order valence-corrected chi connectivity index (χ0v) is 8.94. The first kappa shape index (κ1) is 9.22. The van der Waals surface area contributed by atoms with Crippen LogP contribution in [0.2, 0.25) is 0 Å². The highest BCUT2D eigenvalue weighted by molar-refractivity contribution is 5.36. The van der Waals surface area contributed by atoms with Crippen LogP contribution in [0.4, 0.5) is 0 Å². The van der Waals surface area contributed by atoms with Crippen molar-refractivity contribution in [3.8, 4) is 5.75 Å². The maximum atomic E-state index is 10.3. The Balaban J connectivity index is 1.84. The first-order chi connectivity index (χ1) is 7.20. The zero-order chi connectivity index (χ0) is 10.5. The third-order valence-corrected chi connectivity index (χ3v) is 3.91. The van der Waals surface area contributed by atoms with Gasteiger partial charge in [0.15, 0.2) is 0 Å². The van der Waals surface area contributed by atoms with E-state index < -0.39 is 5.60 Å². The molecule has 3 atom stereocenters. The lowest BCUT2D eigenvalue weighted by Gasteiger charge is -2.29. The number of rotatable bonds is 1. The molecule has 0 radical (unpaired) electrons. The van der Waals surface area contributed by atoms with Crippen LogP contribution in [0.15, 0.2) is 24.3 Å². The first-order valence-corrected chi connectivity index (χ1v) is 5.63. The van der Waals surface area contributed by atoms with Crippen LogP contribution in [0, 0.1) is 11.8 Å². The standard InChI is InChI=1S/C13H16O2/c1-9-7-13(9,14)11-6-10-4-2-3-5-12(10)15-8-11/h2-5,9,11,14H,6-8H2,1H3. The lowest BCUT2D eigenvalue weighted by Crippen LogP contribution is -2.34. The molecular formula is C13H16O2. The summed E-state index contributed by atoms with van der Waals surface area (Å²) in [5, 5.41) is 10.3. The lowest BCUT2D eigenvalue weighted by atomic mass is 9.89. The summed E-state index contributed by atoms with van der Waals surface area (Å²) in [5.74, 6) is 1.71. The van der Waals surface area contributed by atoms with Crippen molar-refractivity contribution in [2.75, 3.05) is 6.61 Å². The van der Waals surface area contributed by atoms with Crippen LogP contribution in [-0.2, 0) is 6.42 Å². The molecule has 15 heavy (non-hydrogen) atoms. The number of hydrogen-bond acceptors (Lipinski definition) is 2. The molecule has 1 fully saturated rings. The Morgan fingerprint density at radius 2 is 2.13 bits per heavy atom. The second kappa shape index (κ2) is 2.99. The second-order valence-corrected chi connectivity index (χ2v) is 4.92. The highest BCUT2D eigenvalue weighted by Gasteiger charge is 2.55. The van der Waals surface area contributed by atoms with Gasteiger partial charge in [0.25, 0.3) is 0 Å². The van der Waals surface area contributed by atoms with Crippen molar-refractivity contribution in [3.05, 3.63) is 29.8 Å². The average molecular weight is 204 g/mol. The molecule has 80 valence electrons. The van der Waals surface area contributed by atoms with Gasteiger partial charge in [-0.25, -0.2) is 0 Å². The fourth-order valence-corrected chi connectivity index (χ4v) is 2.65. The summed E-state index contributed by atoms with van der Waals surface area (Å²) in [7, 11) is 0. The minimum Gasteiger partial charge on any atom is -0.493 e. The van der Waals surface area contributed by atoms with Crippen LogP contribution in [0.1, 0.15) is 18.9 Å². The molecule has 1 N–H and O–H groups in total. The largest absolute Gasteiger partial charge is 0.493 e. The molecule has 1 heterocycles. The van der Waals surface area contributed by atoms with Crippen LogP contribution in [0.25, 0.3) is 0 Å². The number of para-hydroxylation sites is 1. The van der Waals surface area contributed by atoms with Gasteiger partial charge in [-0.2, -0.15) is 0 Å². The molecule has 1 aromatic rings. The molecule has 0 spiro atoms. The minimum absolute atomic E-state index is 0.280. The number of hydrogen-bond donors (Lipinski definition) is 1. The van der Waals surface area contributed by atoms with Gasteiger partial charge in [-0.1, -0.05) is 25.1 Å². The molecule has 3 rings (SSSR count). The summed E-state index contributed by atoms with van der Waals surface area (Å²) in [6.45, 7) is 2.78. The third kappa shape index (κ3) is 1.36. The van der Waals surface area contributed by atoms with Crippen LogP contribution < -0.4 is 4.74 Å². The quantitative estimate of drug-likeness (QED) is 0.758. The van der Waals surface area contributed by atoms with E-state index in [0.29, 0.717) is 12.5 Å². The maximum absolute atomic E-state index is 10.3. The smallest absolute Gasteiger partial charge is 0.122 e. The third-order valence-electron chi connectivity index (χ3n) is 3.91. The van der Waals surface area contributed by atoms with Gasteiger partial charge in [-0.05, 0) is 30.4 Å². The Labute approximate surface area is 89.9 Å². The summed E-state index contributed by atoms with van der Waals surface area (Å²) in [6.07, 6.45) is 1.89. The van der Waals surface area contributed by atoms with Crippen molar-refractivity contribution in [2.24, 2.45) is 11.8 Å². The highest BCUT2D eigenvalue weighted by atomic mass is 16.5. The molecule has 0 amide bonds. The summed E-state index contributed by atoms with van der Waals surface area (Å²) in [5.41, 5.74) is 0.786. The molecule has 2 heteroatoms. The van der Waals surface area contributed by atoms with E-state index in [1.807, 2.05) is 18.2 Å². The molecule has 1 saturated carbocycles. The number of benzene rings is 1. The van der Waals surface area contributed by atoms with Crippen molar-refractivity contribution in [1.82, 2.24) is 0 Å². The van der Waals surface area contributed by atoms with Gasteiger partial charge in [-0.15, -0.1) is 0 Å². The van der Waals surface area contributed by atoms with Gasteiger partial charge < -0.3 is 9.84 Å². The topological polar surface area (TPSA) is 29.5 Å². The average Bonchev–Trinajstić information content (AvgIpc) is 2.88. The van der Waals surface area contributed by atoms with E-state index in [4.69, 9.17) is 4.74 Å². The highest BCUT2D eigenvalue weighted by Crippen LogP contribution is 2.51. The Bertz CT molecular complexity index is 388. The van der Waals surface area contributed by atoms with E-state index >= 15 is 0 Å². The Morgan fingerprint density at radius 1 is 1.40 bits per heavy atom. The Hall–Kier alpha value is -1.02. The van der Waals surface area contributed by atoms with Gasteiger partial charge in [0.2, 0.25) is 0 Å². The lowest BCUT2D eigenvalue weighted by molar-refractivity contribution is 0.0324. The molecule has 3 unspecified atom stereocenters. The summed E-state index contributed by atoms with van der Waals surface area (Å²) in [4.78, 5) is 0. The molecule has 0 aromatic heterocycles. The number of aliphatic hydroxyl groups is 1. The monoisotopic (exact) mass is 204 g/mol. The Kier molecular flexibility index (Phi) is 1.84. The van der Waals surface area contributed by atoms with E-state index in [1.165, 1.54) is 5.56 Å². The normalized spacial score (nSPS) is 38.0. The predicted octanol–water partition coefficient (Wildman–Crippen LogP) is 2.01. The van der Waals surface area contributed by atoms with Gasteiger partial charge in [0.1, 0.15) is 5.75 Å². The van der Waals surface area contributed by atoms with E-state index in [-0.39, 0.29) is 5.92 Å². The van der Waals surface area contributed by atoms with Gasteiger partial charge in [0, 0.05) is 5.92 Å². The SMILES string of the molecule is CC1CC1(O)C1COc2ccccc2C1. The fraction of sp³-hybridized carbons (Fsp3) is 0.538. The van der Waals surface area contributed by atoms with Gasteiger partial charge in [-0.3, -0.25) is 0 Å². The maximum Gasteiger partial charge on any atom is 0.122 e. The summed E-state index contributed by atoms with van der Waals surface area (Å²) in [6, 6.07) is 8.13. The van der Waals surface area contributed by atoms with E-state index in [2.05, 4.69) is 13.0 Å². The summed E-state index contributed by atoms with van der Waals surface area (Å²) < 4.78 is 5.69. The van der Waals surface area contributed by atoms with Crippen LogP contribution in [0.3, 0.4) is 0 Å². The van der Waals surface area contributed by atoms with Gasteiger partial charge >= 0.3 is 0 Å². The summed E-state index contributed by atoms with van der Waals surface area (Å²) >= 11 is 0. The fourth-order valence-electron chi connectivity index (χ4n) is 2.65. The molecule has 0 bridgehead atoms. The van der Waals surface area contributed by atoms with Crippen LogP contribution in [-0.4, -0.2) is 17.3 Å². The number of ether oxygens (including phenoxy) is 1. The van der Waals surface area contributed by atoms with E-state index in [0.717, 1.165) is 18.6 Å². The van der Waals surface area contributed by atoms with Crippen molar-refractivity contribution in [1.29, 1.82) is 0 Å². The molecule has 1 aliphatic carbocycles. The minimum atomic E-state index is -0.451. The van der Waals surface area contributed by atoms with Crippen molar-refractivity contribution in [2.45, 2.75) is 25.4 Å². The molecule has 1 aliphatic heterocycles. The molecule has 1 aromatic carbocycles. The van der Waals surface area contributed by atoms with E-state index in [9.17, 15) is 5.11 Å². The number of fused-ring (bicyclic) bond motifs is 1. The molecular weight excluding hydrogens is 188 g/mol. The zero-order valence-electron chi connectivity index (χ0n) is 8.94. The molecule has 0 saturated heterocycles. The van der Waals surface area contributed by atoms with Crippen molar-refractivity contribution in [3.63, 3.8) is 0 Å². The van der Waals surface area contributed by atoms with Crippen molar-refractivity contribution >= 4 is 0 Å².